The number of carboxylic acids is 1. The van der Waals surface area contributed by atoms with Crippen molar-refractivity contribution in [3.8, 4) is 11.5 Å². The van der Waals surface area contributed by atoms with Crippen LogP contribution >= 0.6 is 0 Å². The van der Waals surface area contributed by atoms with Crippen LogP contribution in [-0.2, 0) is 44.1 Å². The summed E-state index contributed by atoms with van der Waals surface area (Å²) in [5.74, 6) is -4.19. The van der Waals surface area contributed by atoms with Crippen molar-refractivity contribution in [2.45, 2.75) is 22.6 Å². The smallest absolute Gasteiger partial charge is 0.871 e. The first kappa shape index (κ1) is 44.8. The van der Waals surface area contributed by atoms with Crippen LogP contribution < -0.4 is 109 Å². The van der Waals surface area contributed by atoms with E-state index in [2.05, 4.69) is 19.7 Å². The molecule has 46 heavy (non-hydrogen) atoms. The van der Waals surface area contributed by atoms with E-state index in [-0.39, 0.29) is 117 Å². The zero-order valence-corrected chi connectivity index (χ0v) is 33.2. The van der Waals surface area contributed by atoms with E-state index in [0.717, 1.165) is 24.3 Å². The number of nitrogens with one attached hydrogen (secondary N) is 1. The number of carboxylic acid groups (broad SMARTS) is 1. The Labute approximate surface area is 329 Å². The molecule has 1 amide bonds. The molecule has 17 nitrogen and oxygen atoms in total. The molecule has 3 aromatic carbocycles. The van der Waals surface area contributed by atoms with Gasteiger partial charge in [0.2, 0.25) is 5.91 Å². The number of carbonyl (C=O) groups excluding carboxylic acids is 2. The topological polar surface area (TPSA) is 281 Å². The van der Waals surface area contributed by atoms with Gasteiger partial charge in [-0.1, -0.05) is 11.8 Å². The number of azo groups is 1. The maximum atomic E-state index is 13.2. The average Bonchev–Trinajstić information content (AvgIpc) is 2.89. The summed E-state index contributed by atoms with van der Waals surface area (Å²) in [5.41, 5.74) is -1.18. The van der Waals surface area contributed by atoms with Crippen molar-refractivity contribution in [2.24, 2.45) is 10.2 Å². The molecular weight excluding hydrogens is 707 g/mol. The van der Waals surface area contributed by atoms with Crippen LogP contribution in [0.3, 0.4) is 0 Å². The summed E-state index contributed by atoms with van der Waals surface area (Å²) >= 11 is 0. The van der Waals surface area contributed by atoms with Gasteiger partial charge in [-0.05, 0) is 53.6 Å². The number of hydrogen-bond acceptors (Lipinski definition) is 15. The van der Waals surface area contributed by atoms with E-state index in [4.69, 9.17) is 9.29 Å². The third-order valence-electron chi connectivity index (χ3n) is 5.49. The molecule has 0 radical (unpaired) electrons. The van der Waals surface area contributed by atoms with Gasteiger partial charge in [-0.25, -0.2) is 21.0 Å². The first-order valence-electron chi connectivity index (χ1n) is 11.6. The molecule has 23 heteroatoms. The Balaban J connectivity index is 0.00000675. The molecule has 0 aromatic heterocycles. The Hall–Kier alpha value is -1.21. The van der Waals surface area contributed by atoms with E-state index >= 15 is 0 Å². The van der Waals surface area contributed by atoms with E-state index in [0.29, 0.717) is 0 Å². The third-order valence-corrected chi connectivity index (χ3v) is 8.48. The van der Waals surface area contributed by atoms with E-state index in [1.54, 1.807) is 0 Å². The molecule has 232 valence electrons. The summed E-state index contributed by atoms with van der Waals surface area (Å²) in [4.78, 5) is 21.0. The van der Waals surface area contributed by atoms with Crippen molar-refractivity contribution >= 4 is 70.1 Å². The Morgan fingerprint density at radius 3 is 2.15 bits per heavy atom. The zero-order valence-electron chi connectivity index (χ0n) is 24.7. The Morgan fingerprint density at radius 1 is 0.935 bits per heavy atom. The summed E-state index contributed by atoms with van der Waals surface area (Å²) < 4.78 is 100. The number of benzene rings is 3. The predicted octanol–water partition coefficient (Wildman–Crippen LogP) is -8.68. The van der Waals surface area contributed by atoms with Crippen molar-refractivity contribution < 1.29 is 152 Å². The maximum Gasteiger partial charge on any atom is 1.00 e. The molecule has 0 saturated carbocycles. The maximum absolute atomic E-state index is 13.2. The van der Waals surface area contributed by atoms with Gasteiger partial charge < -0.3 is 29.6 Å². The molecule has 0 spiro atoms. The molecule has 0 saturated heterocycles. The van der Waals surface area contributed by atoms with Crippen LogP contribution in [0.25, 0.3) is 10.8 Å². The van der Waals surface area contributed by atoms with Crippen molar-refractivity contribution in [3.63, 3.8) is 0 Å². The number of methoxy groups -OCH3 is 1. The van der Waals surface area contributed by atoms with E-state index < -0.39 is 88.7 Å². The van der Waals surface area contributed by atoms with Crippen molar-refractivity contribution in [1.29, 1.82) is 0 Å². The quantitative estimate of drug-likeness (QED) is 0.0940. The number of anilines is 1. The van der Waals surface area contributed by atoms with Gasteiger partial charge in [-0.15, -0.1) is 10.2 Å². The molecule has 3 rings (SSSR count). The standard InChI is InChI=1S/C23H23N3O14S3.3Na/c1-39-18-5-3-15(41(31,32)9-8-40-43(36,37)38)12-17(18)25-26-22-19(42(33,34)35)11-13-10-14(2-4-16(13)23(22)30)24-20(27)6-7-21(28)29;;;/h2-5,10-12,30H,6-9H2,1H3,(H,24,27)(H,28,29)(H,33,34,35)(H,36,37,38);;;/q;3*+1/p-3. The van der Waals surface area contributed by atoms with E-state index in [1.807, 2.05) is 0 Å². The molecule has 0 aliphatic heterocycles. The summed E-state index contributed by atoms with van der Waals surface area (Å²) in [7, 11) is -13.3. The van der Waals surface area contributed by atoms with Crippen LogP contribution in [0.2, 0.25) is 0 Å². The molecule has 0 atom stereocenters. The summed E-state index contributed by atoms with van der Waals surface area (Å²) in [6.07, 6.45) is -0.976. The van der Waals surface area contributed by atoms with Gasteiger partial charge in [0.25, 0.3) is 0 Å². The second kappa shape index (κ2) is 18.5. The molecule has 0 aliphatic rings. The fourth-order valence-electron chi connectivity index (χ4n) is 3.55. The van der Waals surface area contributed by atoms with Gasteiger partial charge in [0.15, 0.2) is 9.84 Å². The van der Waals surface area contributed by atoms with Crippen molar-refractivity contribution in [1.82, 2.24) is 0 Å². The molecular formula is C23H20N3Na3O14S3. The molecule has 0 fully saturated rings. The molecule has 3 aromatic rings. The number of ether oxygens (including phenoxy) is 1. The number of sulfone groups is 1. The van der Waals surface area contributed by atoms with Crippen LogP contribution in [0.5, 0.6) is 11.5 Å². The number of nitrogens with zero attached hydrogens (tertiary/aromatic N) is 2. The zero-order chi connectivity index (χ0) is 32.2. The van der Waals surface area contributed by atoms with Crippen molar-refractivity contribution in [3.05, 3.63) is 42.5 Å². The van der Waals surface area contributed by atoms with Crippen molar-refractivity contribution in [2.75, 3.05) is 24.8 Å². The molecule has 0 aliphatic carbocycles. The second-order valence-electron chi connectivity index (χ2n) is 8.46. The molecule has 0 heterocycles. The van der Waals surface area contributed by atoms with Crippen LogP contribution in [0.4, 0.5) is 17.1 Å². The first-order chi connectivity index (χ1) is 19.9. The fourth-order valence-corrected chi connectivity index (χ4v) is 5.70. The predicted molar refractivity (Wildman–Crippen MR) is 141 cm³/mol. The largest absolute Gasteiger partial charge is 1.00 e. The Morgan fingerprint density at radius 2 is 1.59 bits per heavy atom. The van der Waals surface area contributed by atoms with Gasteiger partial charge in [0.1, 0.15) is 21.6 Å². The minimum atomic E-state index is -5.35. The minimum Gasteiger partial charge on any atom is -0.871 e. The summed E-state index contributed by atoms with van der Waals surface area (Å²) in [6.45, 7) is -0.920. The minimum absolute atomic E-state index is 0. The molecule has 2 N–H and O–H groups in total. The average molecular weight is 728 g/mol. The van der Waals surface area contributed by atoms with Crippen LogP contribution in [0.15, 0.2) is 62.5 Å². The van der Waals surface area contributed by atoms with Crippen LogP contribution in [0.1, 0.15) is 12.8 Å². The number of fused-ring (bicyclic) bond motifs is 1. The van der Waals surface area contributed by atoms with Crippen LogP contribution in [0, 0.1) is 0 Å². The second-order valence-corrected chi connectivity index (χ2v) is 13.0. The number of aliphatic carboxylic acids is 1. The Kier molecular flexibility index (Phi) is 18.0. The number of amides is 1. The molecule has 0 unspecified atom stereocenters. The number of carbonyl (C=O) groups is 2. The van der Waals surface area contributed by atoms with Gasteiger partial charge in [-0.3, -0.25) is 9.35 Å². The van der Waals surface area contributed by atoms with E-state index in [9.17, 15) is 49.6 Å². The van der Waals surface area contributed by atoms with Gasteiger partial charge in [-0.2, -0.15) is 8.42 Å². The monoisotopic (exact) mass is 727 g/mol. The van der Waals surface area contributed by atoms with Crippen LogP contribution in [-0.4, -0.2) is 65.7 Å². The number of hydrogen-bond donors (Lipinski definition) is 2. The van der Waals surface area contributed by atoms with Gasteiger partial charge in [0.05, 0.1) is 34.9 Å². The van der Waals surface area contributed by atoms with Gasteiger partial charge in [0, 0.05) is 18.1 Å². The summed E-state index contributed by atoms with van der Waals surface area (Å²) in [6, 6.07) is 7.56. The summed E-state index contributed by atoms with van der Waals surface area (Å²) in [5, 5.41) is 33.2. The Bertz CT molecular complexity index is 1960. The molecule has 0 bridgehead atoms. The van der Waals surface area contributed by atoms with E-state index in [1.165, 1.54) is 25.3 Å². The third kappa shape index (κ3) is 12.7. The first-order valence-corrected chi connectivity index (χ1v) is 16.0. The SMILES string of the molecule is COc1ccc(S(=O)(=O)CCOS(=O)(=O)O)cc1N=Nc1c(S(=O)(=O)[O-])cc2cc(NC(=O)CCC(=O)[O-])ccc2c1[O-].[Na+].[Na+].[Na+]. The van der Waals surface area contributed by atoms with Gasteiger partial charge >= 0.3 is 99.1 Å². The number of rotatable bonds is 13. The fraction of sp³-hybridized carbons (Fsp3) is 0.217. The normalized spacial score (nSPS) is 11.6.